The number of carbonyl (C=O) groups excluding carboxylic acids is 2. The maximum absolute atomic E-state index is 13.9. The molecule has 12 heteroatoms. The van der Waals surface area contributed by atoms with E-state index in [9.17, 15) is 9.59 Å². The number of rotatable bonds is 12. The highest BCUT2D eigenvalue weighted by Crippen LogP contribution is 2.55. The van der Waals surface area contributed by atoms with Crippen LogP contribution in [0.2, 0.25) is 0 Å². The van der Waals surface area contributed by atoms with Crippen molar-refractivity contribution < 1.29 is 28.5 Å². The first-order valence-electron chi connectivity index (χ1n) is 19.2. The quantitative estimate of drug-likeness (QED) is 0.153. The Balaban J connectivity index is 0.786. The molecule has 0 unspecified atom stereocenters. The van der Waals surface area contributed by atoms with Crippen molar-refractivity contribution in [2.75, 3.05) is 45.8 Å². The summed E-state index contributed by atoms with van der Waals surface area (Å²) in [5, 5.41) is 7.79. The smallest absolute Gasteiger partial charge is 0.260 e. The largest absolute Gasteiger partial charge is 0.493 e. The molecule has 1 spiro atoms. The molecule has 1 saturated heterocycles. The maximum Gasteiger partial charge on any atom is 0.260 e. The Hall–Kier alpha value is -5.78. The molecule has 5 heterocycles. The number of anilines is 1. The zero-order valence-electron chi connectivity index (χ0n) is 31.5. The zero-order chi connectivity index (χ0) is 37.7. The van der Waals surface area contributed by atoms with Crippen LogP contribution in [0, 0.1) is 5.41 Å². The van der Waals surface area contributed by atoms with Gasteiger partial charge in [-0.25, -0.2) is 0 Å². The van der Waals surface area contributed by atoms with E-state index in [1.165, 1.54) is 12.8 Å². The van der Waals surface area contributed by atoms with Gasteiger partial charge in [0.2, 0.25) is 0 Å². The fraction of sp³-hybridized carbons (Fsp3) is 0.395. The normalized spacial score (nSPS) is 20.2. The van der Waals surface area contributed by atoms with Gasteiger partial charge in [0, 0.05) is 50.9 Å². The molecule has 1 aromatic heterocycles. The lowest BCUT2D eigenvalue weighted by molar-refractivity contribution is 0.0765. The summed E-state index contributed by atoms with van der Waals surface area (Å²) in [6.45, 7) is 2.41. The first-order valence-corrected chi connectivity index (χ1v) is 19.2. The summed E-state index contributed by atoms with van der Waals surface area (Å²) in [6, 6.07) is 17.7. The number of ether oxygens (including phenoxy) is 4. The van der Waals surface area contributed by atoms with Crippen LogP contribution >= 0.6 is 0 Å². The third-order valence-corrected chi connectivity index (χ3v) is 11.8. The molecule has 1 saturated carbocycles. The van der Waals surface area contributed by atoms with E-state index in [1.54, 1.807) is 32.5 Å². The third-order valence-electron chi connectivity index (χ3n) is 11.8. The summed E-state index contributed by atoms with van der Waals surface area (Å²) < 4.78 is 25.5. The number of nitrogens with zero attached hydrogens (tertiary/aromatic N) is 5. The van der Waals surface area contributed by atoms with E-state index < -0.39 is 0 Å². The highest BCUT2D eigenvalue weighted by atomic mass is 16.5. The van der Waals surface area contributed by atoms with Crippen LogP contribution in [-0.4, -0.2) is 90.2 Å². The Morgan fingerprint density at radius 3 is 2.24 bits per heavy atom. The number of aromatic nitrogens is 2. The van der Waals surface area contributed by atoms with E-state index in [1.807, 2.05) is 52.1 Å². The number of amides is 2. The van der Waals surface area contributed by atoms with E-state index in [4.69, 9.17) is 23.9 Å². The van der Waals surface area contributed by atoms with E-state index >= 15 is 0 Å². The Morgan fingerprint density at radius 2 is 1.55 bits per heavy atom. The highest BCUT2D eigenvalue weighted by Gasteiger charge is 2.53. The topological polar surface area (TPSA) is 120 Å². The number of hydrogen-bond acceptors (Lipinski definition) is 9. The van der Waals surface area contributed by atoms with Crippen LogP contribution in [0.3, 0.4) is 0 Å². The molecule has 4 aliphatic heterocycles. The van der Waals surface area contributed by atoms with Crippen molar-refractivity contribution in [3.05, 3.63) is 83.7 Å². The number of benzene rings is 3. The summed E-state index contributed by atoms with van der Waals surface area (Å²) in [7, 11) is 5.13. The van der Waals surface area contributed by atoms with Crippen molar-refractivity contribution in [2.45, 2.75) is 57.0 Å². The molecule has 0 bridgehead atoms. The van der Waals surface area contributed by atoms with Crippen molar-refractivity contribution in [3.63, 3.8) is 0 Å². The van der Waals surface area contributed by atoms with Gasteiger partial charge in [0.25, 0.3) is 11.8 Å². The molecule has 2 fully saturated rings. The van der Waals surface area contributed by atoms with Crippen LogP contribution in [0.15, 0.2) is 72.0 Å². The minimum Gasteiger partial charge on any atom is -0.493 e. The minimum atomic E-state index is -0.0623. The van der Waals surface area contributed by atoms with E-state index in [0.717, 1.165) is 66.7 Å². The van der Waals surface area contributed by atoms with Crippen LogP contribution in [0.1, 0.15) is 71.2 Å². The molecule has 1 N–H and O–H groups in total. The number of aryl methyl sites for hydroxylation is 1. The second kappa shape index (κ2) is 14.1. The van der Waals surface area contributed by atoms with Gasteiger partial charge in [0.15, 0.2) is 23.0 Å². The van der Waals surface area contributed by atoms with Crippen LogP contribution in [0.5, 0.6) is 23.0 Å². The van der Waals surface area contributed by atoms with E-state index in [0.29, 0.717) is 65.0 Å². The summed E-state index contributed by atoms with van der Waals surface area (Å²) in [5.74, 6) is 2.20. The Bertz CT molecular complexity index is 2210. The molecule has 9 rings (SSSR count). The van der Waals surface area contributed by atoms with E-state index in [2.05, 4.69) is 34.7 Å². The standard InChI is InChI=1S/C43H46N6O6/c1-47-36(11-14-46-47)28-9-7-27(8-10-28)29-17-30-23-44-34-20-39(37(52-2)18-32(34)41(50)48(30)25-29)54-15-5-4-6-16-55-40-21-35-33(19-38(40)53-3)42(51)49-26-43(12-13-43)22-31(49)24-45-35/h7-11,14,18-21,24-25,30-31,44H,4-6,12-13,15-17,22-23,26H2,1-3H3/t30-,31-/m0/s1. The van der Waals surface area contributed by atoms with Gasteiger partial charge in [0.1, 0.15) is 0 Å². The molecular formula is C43H46N6O6. The monoisotopic (exact) mass is 742 g/mol. The zero-order valence-corrected chi connectivity index (χ0v) is 31.5. The summed E-state index contributed by atoms with van der Waals surface area (Å²) in [5.41, 5.74) is 7.20. The molecule has 55 heavy (non-hydrogen) atoms. The van der Waals surface area contributed by atoms with Crippen molar-refractivity contribution in [3.8, 4) is 34.3 Å². The number of fused-ring (bicyclic) bond motifs is 4. The van der Waals surface area contributed by atoms with Crippen LogP contribution in [0.4, 0.5) is 11.4 Å². The average Bonchev–Trinajstić information content (AvgIpc) is 3.49. The number of aliphatic imine (C=N–C) groups is 1. The highest BCUT2D eigenvalue weighted by molar-refractivity contribution is 6.04. The molecule has 5 aliphatic rings. The van der Waals surface area contributed by atoms with Crippen molar-refractivity contribution in [1.29, 1.82) is 0 Å². The molecule has 12 nitrogen and oxygen atoms in total. The predicted molar refractivity (Wildman–Crippen MR) is 210 cm³/mol. The van der Waals surface area contributed by atoms with Gasteiger partial charge in [-0.05, 0) is 85.3 Å². The summed E-state index contributed by atoms with van der Waals surface area (Å²) >= 11 is 0. The Kier molecular flexibility index (Phi) is 8.98. The second-order valence-electron chi connectivity index (χ2n) is 15.3. The lowest BCUT2D eigenvalue weighted by Gasteiger charge is -2.21. The summed E-state index contributed by atoms with van der Waals surface area (Å²) in [6.07, 6.45) is 12.4. The number of methoxy groups -OCH3 is 2. The fourth-order valence-electron chi connectivity index (χ4n) is 8.46. The maximum atomic E-state index is 13.9. The lowest BCUT2D eigenvalue weighted by atomic mass is 10.0. The van der Waals surface area contributed by atoms with Gasteiger partial charge >= 0.3 is 0 Å². The molecule has 2 atom stereocenters. The first-order chi connectivity index (χ1) is 26.8. The van der Waals surface area contributed by atoms with Crippen LogP contribution in [0.25, 0.3) is 16.8 Å². The van der Waals surface area contributed by atoms with Crippen molar-refractivity contribution >= 4 is 35.0 Å². The second-order valence-corrected chi connectivity index (χ2v) is 15.3. The molecule has 2 amide bonds. The van der Waals surface area contributed by atoms with Gasteiger partial charge in [0.05, 0.1) is 67.7 Å². The molecule has 3 aromatic carbocycles. The number of unbranched alkanes of at least 4 members (excludes halogenated alkanes) is 2. The van der Waals surface area contributed by atoms with Gasteiger partial charge in [-0.2, -0.15) is 5.10 Å². The van der Waals surface area contributed by atoms with Gasteiger partial charge in [-0.3, -0.25) is 19.3 Å². The molecule has 284 valence electrons. The molecule has 1 aliphatic carbocycles. The van der Waals surface area contributed by atoms with Crippen LogP contribution in [-0.2, 0) is 7.05 Å². The van der Waals surface area contributed by atoms with Gasteiger partial charge in [-0.15, -0.1) is 0 Å². The van der Waals surface area contributed by atoms with Crippen molar-refractivity contribution in [2.24, 2.45) is 17.5 Å². The Labute approximate surface area is 320 Å². The molecule has 4 aromatic rings. The predicted octanol–water partition coefficient (Wildman–Crippen LogP) is 7.12. The van der Waals surface area contributed by atoms with Crippen molar-refractivity contribution in [1.82, 2.24) is 19.6 Å². The van der Waals surface area contributed by atoms with Gasteiger partial charge < -0.3 is 34.1 Å². The van der Waals surface area contributed by atoms with E-state index in [-0.39, 0.29) is 23.9 Å². The average molecular weight is 743 g/mol. The lowest BCUT2D eigenvalue weighted by Crippen LogP contribution is -2.35. The van der Waals surface area contributed by atoms with Gasteiger partial charge in [-0.1, -0.05) is 24.3 Å². The fourth-order valence-corrected chi connectivity index (χ4v) is 8.46. The number of carbonyl (C=O) groups is 2. The SMILES string of the molecule is COc1cc2c(cc1OCCCCCOc1cc3c(cc1OC)C(=O)N1C=C(c4ccc(-c5ccnn5C)cc4)C[C@H]1CN3)N=C[C@@H]1CC3(CC3)CN1C2=O. The molecular weight excluding hydrogens is 697 g/mol. The minimum absolute atomic E-state index is 0.00205. The first kappa shape index (κ1) is 35.0. The molecule has 0 radical (unpaired) electrons. The summed E-state index contributed by atoms with van der Waals surface area (Å²) in [4.78, 5) is 35.9. The third kappa shape index (κ3) is 6.57. The van der Waals surface area contributed by atoms with Crippen LogP contribution < -0.4 is 24.3 Å². The number of nitrogens with one attached hydrogen (secondary N) is 1. The Morgan fingerprint density at radius 1 is 0.836 bits per heavy atom. The number of hydrogen-bond donors (Lipinski definition) is 1.